The molecular weight excluding hydrogens is 549 g/mol. The number of allylic oxidation sites excluding steroid dienone is 1. The number of hydrogen-bond acceptors (Lipinski definition) is 5. The largest absolute Gasteiger partial charge is 0.479 e. The first-order valence-corrected chi connectivity index (χ1v) is 15.6. The molecule has 0 spiro atoms. The molecule has 43 heavy (non-hydrogen) atoms. The second kappa shape index (κ2) is 19.6. The predicted molar refractivity (Wildman–Crippen MR) is 167 cm³/mol. The Bertz CT molecular complexity index is 1140. The van der Waals surface area contributed by atoms with Crippen LogP contribution in [0.2, 0.25) is 0 Å². The Morgan fingerprint density at radius 2 is 1.44 bits per heavy atom. The molecule has 1 amide bonds. The van der Waals surface area contributed by atoms with Crippen molar-refractivity contribution in [3.05, 3.63) is 72.1 Å². The summed E-state index contributed by atoms with van der Waals surface area (Å²) >= 11 is 0. The fourth-order valence-electron chi connectivity index (χ4n) is 4.69. The molecule has 3 N–H and O–H groups in total. The van der Waals surface area contributed by atoms with Crippen molar-refractivity contribution in [2.45, 2.75) is 103 Å². The van der Waals surface area contributed by atoms with Gasteiger partial charge in [-0.15, -0.1) is 0 Å². The number of amides is 1. The Kier molecular flexibility index (Phi) is 16.3. The highest BCUT2D eigenvalue weighted by molar-refractivity contribution is 5.90. The van der Waals surface area contributed by atoms with E-state index in [9.17, 15) is 29.0 Å². The molecule has 2 aromatic carbocycles. The molecule has 0 saturated heterocycles. The molecule has 0 aliphatic rings. The van der Waals surface area contributed by atoms with Gasteiger partial charge in [-0.3, -0.25) is 9.59 Å². The normalized spacial score (nSPS) is 13.4. The third kappa shape index (κ3) is 14.0. The molecule has 2 atom stereocenters. The van der Waals surface area contributed by atoms with Gasteiger partial charge in [0.15, 0.2) is 5.60 Å². The number of carbonyl (C=O) groups excluding carboxylic acids is 2. The summed E-state index contributed by atoms with van der Waals surface area (Å²) in [6.07, 6.45) is 15.1. The Morgan fingerprint density at radius 3 is 2.02 bits per heavy atom. The lowest BCUT2D eigenvalue weighted by atomic mass is 9.87. The van der Waals surface area contributed by atoms with E-state index in [1.54, 1.807) is 18.2 Å². The Labute approximate surface area is 255 Å². The van der Waals surface area contributed by atoms with Crippen LogP contribution in [0.15, 0.2) is 60.7 Å². The van der Waals surface area contributed by atoms with E-state index in [0.29, 0.717) is 43.0 Å². The maximum Gasteiger partial charge on any atom is 0.336 e. The number of benzene rings is 2. The van der Waals surface area contributed by atoms with Gasteiger partial charge in [0.1, 0.15) is 23.1 Å². The van der Waals surface area contributed by atoms with E-state index in [0.717, 1.165) is 51.0 Å². The summed E-state index contributed by atoms with van der Waals surface area (Å²) in [5, 5.41) is 22.8. The Morgan fingerprint density at radius 1 is 0.884 bits per heavy atom. The molecule has 2 rings (SSSR count). The van der Waals surface area contributed by atoms with Crippen LogP contribution in [-0.4, -0.2) is 40.0 Å². The minimum absolute atomic E-state index is 0.258. The number of carbonyl (C=O) groups is 3. The molecule has 0 aliphatic heterocycles. The number of ketones is 1. The number of rotatable bonds is 22. The molecule has 0 fully saturated rings. The molecule has 0 aromatic heterocycles. The first-order chi connectivity index (χ1) is 20.6. The van der Waals surface area contributed by atoms with Crippen molar-refractivity contribution in [2.24, 2.45) is 5.92 Å². The average Bonchev–Trinajstić information content (AvgIpc) is 2.98. The minimum atomic E-state index is -2.25. The van der Waals surface area contributed by atoms with Crippen molar-refractivity contribution in [2.75, 3.05) is 6.54 Å². The molecule has 0 radical (unpaired) electrons. The summed E-state index contributed by atoms with van der Waals surface area (Å²) in [6.45, 7) is 3.57. The highest BCUT2D eigenvalue weighted by Gasteiger charge is 2.42. The lowest BCUT2D eigenvalue weighted by Gasteiger charge is -2.25. The van der Waals surface area contributed by atoms with E-state index < -0.39 is 23.4 Å². The van der Waals surface area contributed by atoms with Crippen LogP contribution in [0.5, 0.6) is 11.5 Å². The van der Waals surface area contributed by atoms with Gasteiger partial charge in [0, 0.05) is 19.4 Å². The number of halogens is 1. The first-order valence-electron chi connectivity index (χ1n) is 15.6. The number of ether oxygens (including phenoxy) is 1. The summed E-state index contributed by atoms with van der Waals surface area (Å²) in [5.41, 5.74) is -1.32. The van der Waals surface area contributed by atoms with Crippen molar-refractivity contribution in [3.8, 4) is 11.5 Å². The number of carboxylic acid groups (broad SMARTS) is 1. The summed E-state index contributed by atoms with van der Waals surface area (Å²) in [7, 11) is 0. The van der Waals surface area contributed by atoms with Crippen LogP contribution in [0.1, 0.15) is 96.5 Å². The fraction of sp³-hybridized carbons (Fsp3) is 0.514. The van der Waals surface area contributed by atoms with Crippen molar-refractivity contribution in [3.63, 3.8) is 0 Å². The van der Waals surface area contributed by atoms with E-state index in [4.69, 9.17) is 4.74 Å². The lowest BCUT2D eigenvalue weighted by molar-refractivity contribution is -0.163. The third-order valence-electron chi connectivity index (χ3n) is 7.47. The number of aliphatic hydroxyl groups is 1. The monoisotopic (exact) mass is 597 g/mol. The molecular formula is C35H48FNO6. The summed E-state index contributed by atoms with van der Waals surface area (Å²) < 4.78 is 18.8. The SMILES string of the molecule is CCCCCCCC(=O)CCCCCCC=C[C@H](C(=O)NCCc1ccc(Oc2ccc(F)cc2)cc1)[C@](C)(O)C(=O)O. The minimum Gasteiger partial charge on any atom is -0.479 e. The highest BCUT2D eigenvalue weighted by atomic mass is 19.1. The van der Waals surface area contributed by atoms with Gasteiger partial charge in [-0.2, -0.15) is 0 Å². The van der Waals surface area contributed by atoms with E-state index in [-0.39, 0.29) is 12.4 Å². The highest BCUT2D eigenvalue weighted by Crippen LogP contribution is 2.23. The number of aliphatic carboxylic acids is 1. The van der Waals surface area contributed by atoms with E-state index in [1.807, 2.05) is 12.1 Å². The van der Waals surface area contributed by atoms with Crippen LogP contribution in [-0.2, 0) is 20.8 Å². The number of carboxylic acids is 1. The number of nitrogens with one attached hydrogen (secondary N) is 1. The number of Topliss-reactive ketones (excluding diaryl/α,β-unsaturated/α-hetero) is 1. The van der Waals surface area contributed by atoms with Crippen molar-refractivity contribution >= 4 is 17.7 Å². The summed E-state index contributed by atoms with van der Waals surface area (Å²) in [5.74, 6) is -2.17. The van der Waals surface area contributed by atoms with E-state index in [2.05, 4.69) is 12.2 Å². The summed E-state index contributed by atoms with van der Waals surface area (Å²) in [6, 6.07) is 13.0. The summed E-state index contributed by atoms with van der Waals surface area (Å²) in [4.78, 5) is 36.6. The van der Waals surface area contributed by atoms with Crippen LogP contribution in [0, 0.1) is 11.7 Å². The van der Waals surface area contributed by atoms with Gasteiger partial charge in [0.05, 0.1) is 5.92 Å². The standard InChI is InChI=1S/C35H48FNO6/c1-3-4-5-8-11-14-29(38)15-12-9-6-7-10-13-16-32(35(2,42)34(40)41)33(39)37-26-25-27-17-21-30(22-18-27)43-31-23-19-28(36)20-24-31/h13,16-24,32,42H,3-12,14-15,25-26H2,1-2H3,(H,37,39)(H,40,41)/t32-,35+/m1/s1. The van der Waals surface area contributed by atoms with Crippen LogP contribution < -0.4 is 10.1 Å². The Balaban J connectivity index is 1.73. The van der Waals surface area contributed by atoms with Gasteiger partial charge in [-0.1, -0.05) is 69.7 Å². The van der Waals surface area contributed by atoms with Crippen molar-refractivity contribution in [1.82, 2.24) is 5.32 Å². The van der Waals surface area contributed by atoms with Crippen LogP contribution in [0.4, 0.5) is 4.39 Å². The van der Waals surface area contributed by atoms with Crippen LogP contribution in [0.3, 0.4) is 0 Å². The van der Waals surface area contributed by atoms with Crippen LogP contribution in [0.25, 0.3) is 0 Å². The number of unbranched alkanes of at least 4 members (excludes halogenated alkanes) is 8. The van der Waals surface area contributed by atoms with Crippen molar-refractivity contribution in [1.29, 1.82) is 0 Å². The smallest absolute Gasteiger partial charge is 0.336 e. The predicted octanol–water partition coefficient (Wildman–Crippen LogP) is 7.55. The first kappa shape index (κ1) is 35.7. The van der Waals surface area contributed by atoms with Gasteiger partial charge in [0.2, 0.25) is 5.91 Å². The molecule has 0 unspecified atom stereocenters. The number of hydrogen-bond donors (Lipinski definition) is 3. The van der Waals surface area contributed by atoms with Gasteiger partial charge in [-0.25, -0.2) is 9.18 Å². The zero-order chi connectivity index (χ0) is 31.5. The van der Waals surface area contributed by atoms with E-state index in [1.165, 1.54) is 49.6 Å². The zero-order valence-electron chi connectivity index (χ0n) is 25.7. The average molecular weight is 598 g/mol. The molecule has 2 aromatic rings. The molecule has 0 bridgehead atoms. The van der Waals surface area contributed by atoms with Gasteiger partial charge < -0.3 is 20.3 Å². The van der Waals surface area contributed by atoms with Crippen LogP contribution >= 0.6 is 0 Å². The topological polar surface area (TPSA) is 113 Å². The molecule has 0 saturated carbocycles. The fourth-order valence-corrected chi connectivity index (χ4v) is 4.69. The van der Waals surface area contributed by atoms with Crippen molar-refractivity contribution < 1.29 is 33.7 Å². The molecule has 236 valence electrons. The maximum absolute atomic E-state index is 13.1. The van der Waals surface area contributed by atoms with Gasteiger partial charge in [-0.05, 0) is 81.0 Å². The molecule has 8 heteroatoms. The quantitative estimate of drug-likeness (QED) is 0.0954. The maximum atomic E-state index is 13.1. The molecule has 7 nitrogen and oxygen atoms in total. The second-order valence-electron chi connectivity index (χ2n) is 11.3. The molecule has 0 heterocycles. The lowest BCUT2D eigenvalue weighted by Crippen LogP contribution is -2.49. The van der Waals surface area contributed by atoms with Gasteiger partial charge >= 0.3 is 5.97 Å². The second-order valence-corrected chi connectivity index (χ2v) is 11.3. The zero-order valence-corrected chi connectivity index (χ0v) is 25.7. The van der Waals surface area contributed by atoms with Gasteiger partial charge in [0.25, 0.3) is 0 Å². The van der Waals surface area contributed by atoms with E-state index >= 15 is 0 Å². The Hall–Kier alpha value is -3.52. The third-order valence-corrected chi connectivity index (χ3v) is 7.47. The molecule has 0 aliphatic carbocycles.